The van der Waals surface area contributed by atoms with Gasteiger partial charge in [0.05, 0.1) is 18.6 Å². The summed E-state index contributed by atoms with van der Waals surface area (Å²) in [6, 6.07) is 8.34. The molecule has 1 atom stereocenters. The first-order chi connectivity index (χ1) is 9.40. The topological polar surface area (TPSA) is 39.1 Å². The van der Waals surface area contributed by atoms with Crippen molar-refractivity contribution in [3.63, 3.8) is 0 Å². The van der Waals surface area contributed by atoms with Crippen LogP contribution in [0.15, 0.2) is 36.8 Å². The molecule has 1 saturated heterocycles. The van der Waals surface area contributed by atoms with Gasteiger partial charge in [-0.15, -0.1) is 0 Å². The number of hydrogen-bond acceptors (Lipinski definition) is 3. The van der Waals surface area contributed by atoms with Crippen LogP contribution in [0.5, 0.6) is 0 Å². The lowest BCUT2D eigenvalue weighted by Crippen LogP contribution is -2.11. The minimum atomic E-state index is 0.554. The third-order valence-electron chi connectivity index (χ3n) is 3.70. The van der Waals surface area contributed by atoms with Gasteiger partial charge in [0, 0.05) is 37.0 Å². The van der Waals surface area contributed by atoms with Crippen LogP contribution in [0.3, 0.4) is 0 Å². The molecule has 2 heterocycles. The third kappa shape index (κ3) is 2.41. The number of nitrogens with zero attached hydrogens (tertiary/aromatic N) is 2. The number of aromatic nitrogens is 2. The summed E-state index contributed by atoms with van der Waals surface area (Å²) >= 11 is 0. The van der Waals surface area contributed by atoms with Crippen molar-refractivity contribution in [3.8, 4) is 5.69 Å². The zero-order valence-electron chi connectivity index (χ0n) is 11.2. The Kier molecular flexibility index (Phi) is 3.62. The van der Waals surface area contributed by atoms with Crippen LogP contribution in [0.25, 0.3) is 5.69 Å². The van der Waals surface area contributed by atoms with E-state index in [0.717, 1.165) is 13.1 Å². The number of imidazole rings is 1. The molecule has 1 N–H and O–H groups in total. The molecular formula is C15H19N3O. The van der Waals surface area contributed by atoms with Crippen molar-refractivity contribution >= 4 is 0 Å². The van der Waals surface area contributed by atoms with E-state index in [-0.39, 0.29) is 0 Å². The second kappa shape index (κ2) is 5.55. The largest absolute Gasteiger partial charge is 0.380 e. The van der Waals surface area contributed by atoms with Crippen molar-refractivity contribution in [2.75, 3.05) is 20.2 Å². The van der Waals surface area contributed by atoms with Crippen LogP contribution in [0.1, 0.15) is 23.6 Å². The molecule has 3 rings (SSSR count). The van der Waals surface area contributed by atoms with E-state index in [4.69, 9.17) is 4.74 Å². The molecule has 1 unspecified atom stereocenters. The molecule has 4 nitrogen and oxygen atoms in total. The number of nitrogens with one attached hydrogen (secondary N) is 1. The van der Waals surface area contributed by atoms with Crippen molar-refractivity contribution in [1.82, 2.24) is 14.9 Å². The summed E-state index contributed by atoms with van der Waals surface area (Å²) in [5, 5.41) is 3.41. The predicted octanol–water partition coefficient (Wildman–Crippen LogP) is 2.10. The van der Waals surface area contributed by atoms with E-state index >= 15 is 0 Å². The van der Waals surface area contributed by atoms with Crippen LogP contribution < -0.4 is 5.32 Å². The standard InChI is InChI=1S/C15H19N3O/c1-19-10-13-4-2-3-5-14(13)18-11-17-9-15(18)12-6-7-16-8-12/h2-5,9,11-12,16H,6-8,10H2,1H3. The predicted molar refractivity (Wildman–Crippen MR) is 74.5 cm³/mol. The number of para-hydroxylation sites is 1. The molecule has 1 aliphatic rings. The van der Waals surface area contributed by atoms with E-state index in [1.807, 2.05) is 18.6 Å². The Morgan fingerprint density at radius 3 is 3.11 bits per heavy atom. The van der Waals surface area contributed by atoms with Crippen LogP contribution in [0.2, 0.25) is 0 Å². The van der Waals surface area contributed by atoms with Gasteiger partial charge in [-0.25, -0.2) is 4.98 Å². The first kappa shape index (κ1) is 12.4. The highest BCUT2D eigenvalue weighted by Crippen LogP contribution is 2.26. The highest BCUT2D eigenvalue weighted by Gasteiger charge is 2.21. The van der Waals surface area contributed by atoms with Gasteiger partial charge in [-0.1, -0.05) is 18.2 Å². The number of rotatable bonds is 4. The molecule has 4 heteroatoms. The maximum Gasteiger partial charge on any atom is 0.0994 e. The average Bonchev–Trinajstić information content (AvgIpc) is 3.10. The van der Waals surface area contributed by atoms with E-state index in [1.165, 1.54) is 23.4 Å². The first-order valence-corrected chi connectivity index (χ1v) is 6.70. The van der Waals surface area contributed by atoms with Gasteiger partial charge in [0.25, 0.3) is 0 Å². The highest BCUT2D eigenvalue weighted by atomic mass is 16.5. The van der Waals surface area contributed by atoms with E-state index in [0.29, 0.717) is 12.5 Å². The van der Waals surface area contributed by atoms with E-state index in [1.54, 1.807) is 7.11 Å². The number of ether oxygens (including phenoxy) is 1. The highest BCUT2D eigenvalue weighted by molar-refractivity contribution is 5.42. The second-order valence-electron chi connectivity index (χ2n) is 4.94. The summed E-state index contributed by atoms with van der Waals surface area (Å²) in [7, 11) is 1.73. The molecule has 1 aliphatic heterocycles. The molecule has 0 saturated carbocycles. The summed E-state index contributed by atoms with van der Waals surface area (Å²) < 4.78 is 7.49. The Morgan fingerprint density at radius 2 is 2.32 bits per heavy atom. The monoisotopic (exact) mass is 257 g/mol. The number of hydrogen-bond donors (Lipinski definition) is 1. The smallest absolute Gasteiger partial charge is 0.0994 e. The molecule has 1 aromatic heterocycles. The van der Waals surface area contributed by atoms with Crippen LogP contribution in [0.4, 0.5) is 0 Å². The Hall–Kier alpha value is -1.65. The Balaban J connectivity index is 2.00. The number of methoxy groups -OCH3 is 1. The fraction of sp³-hybridized carbons (Fsp3) is 0.400. The Labute approximate surface area is 113 Å². The zero-order chi connectivity index (χ0) is 13.1. The second-order valence-corrected chi connectivity index (χ2v) is 4.94. The summed E-state index contributed by atoms with van der Waals surface area (Å²) in [6.07, 6.45) is 5.07. The van der Waals surface area contributed by atoms with Gasteiger partial charge >= 0.3 is 0 Å². The van der Waals surface area contributed by atoms with Crippen molar-refractivity contribution in [1.29, 1.82) is 0 Å². The van der Waals surface area contributed by atoms with Crippen molar-refractivity contribution in [2.45, 2.75) is 18.9 Å². The van der Waals surface area contributed by atoms with E-state index in [9.17, 15) is 0 Å². The molecule has 1 fully saturated rings. The van der Waals surface area contributed by atoms with Gasteiger partial charge in [0.15, 0.2) is 0 Å². The van der Waals surface area contributed by atoms with E-state index in [2.05, 4.69) is 33.1 Å². The average molecular weight is 257 g/mol. The lowest BCUT2D eigenvalue weighted by molar-refractivity contribution is 0.184. The zero-order valence-corrected chi connectivity index (χ0v) is 11.2. The molecule has 100 valence electrons. The molecule has 19 heavy (non-hydrogen) atoms. The summed E-state index contributed by atoms with van der Waals surface area (Å²) in [5.74, 6) is 0.554. The van der Waals surface area contributed by atoms with Crippen LogP contribution in [-0.4, -0.2) is 29.8 Å². The van der Waals surface area contributed by atoms with Crippen molar-refractivity contribution in [2.24, 2.45) is 0 Å². The SMILES string of the molecule is COCc1ccccc1-n1cncc1C1CCNC1. The van der Waals surface area contributed by atoms with Gasteiger partial charge in [0.2, 0.25) is 0 Å². The fourth-order valence-corrected chi connectivity index (χ4v) is 2.74. The van der Waals surface area contributed by atoms with Crippen LogP contribution in [-0.2, 0) is 11.3 Å². The summed E-state index contributed by atoms with van der Waals surface area (Å²) in [4.78, 5) is 4.34. The van der Waals surface area contributed by atoms with Crippen molar-refractivity contribution < 1.29 is 4.74 Å². The normalized spacial score (nSPS) is 18.9. The maximum absolute atomic E-state index is 5.29. The van der Waals surface area contributed by atoms with Gasteiger partial charge in [0.1, 0.15) is 0 Å². The van der Waals surface area contributed by atoms with Gasteiger partial charge in [-0.3, -0.25) is 0 Å². The quantitative estimate of drug-likeness (QED) is 0.911. The van der Waals surface area contributed by atoms with E-state index < -0.39 is 0 Å². The van der Waals surface area contributed by atoms with Crippen molar-refractivity contribution in [3.05, 3.63) is 48.0 Å². The molecule has 0 amide bonds. The molecule has 0 spiro atoms. The number of benzene rings is 1. The minimum Gasteiger partial charge on any atom is -0.380 e. The summed E-state index contributed by atoms with van der Waals surface area (Å²) in [6.45, 7) is 2.75. The third-order valence-corrected chi connectivity index (χ3v) is 3.70. The molecule has 0 aliphatic carbocycles. The fourth-order valence-electron chi connectivity index (χ4n) is 2.74. The lowest BCUT2D eigenvalue weighted by atomic mass is 10.0. The minimum absolute atomic E-state index is 0.554. The Bertz CT molecular complexity index is 544. The molecule has 0 bridgehead atoms. The maximum atomic E-state index is 5.29. The Morgan fingerprint density at radius 1 is 1.42 bits per heavy atom. The van der Waals surface area contributed by atoms with Gasteiger partial charge in [-0.2, -0.15) is 0 Å². The lowest BCUT2D eigenvalue weighted by Gasteiger charge is -2.15. The first-order valence-electron chi connectivity index (χ1n) is 6.70. The molecule has 2 aromatic rings. The van der Waals surface area contributed by atoms with Gasteiger partial charge in [-0.05, 0) is 19.0 Å². The van der Waals surface area contributed by atoms with Gasteiger partial charge < -0.3 is 14.6 Å². The molecule has 1 aromatic carbocycles. The molecular weight excluding hydrogens is 238 g/mol. The van der Waals surface area contributed by atoms with Crippen LogP contribution >= 0.6 is 0 Å². The summed E-state index contributed by atoms with van der Waals surface area (Å²) in [5.41, 5.74) is 3.65. The molecule has 0 radical (unpaired) electrons. The van der Waals surface area contributed by atoms with Crippen LogP contribution in [0, 0.1) is 0 Å².